The molecule has 0 aliphatic rings. The summed E-state index contributed by atoms with van der Waals surface area (Å²) in [6.07, 6.45) is -2.02. The SMILES string of the molecule is CCC(C)NC(=NC)NCc1ccnc(OCC(F)(F)F)c1.I. The smallest absolute Gasteiger partial charge is 0.422 e. The monoisotopic (exact) mass is 446 g/mol. The van der Waals surface area contributed by atoms with Crippen LogP contribution in [0.1, 0.15) is 25.8 Å². The molecular formula is C14H22F3IN4O. The summed E-state index contributed by atoms with van der Waals surface area (Å²) in [5, 5.41) is 6.27. The molecule has 0 aliphatic heterocycles. The van der Waals surface area contributed by atoms with Crippen LogP contribution in [0.4, 0.5) is 13.2 Å². The van der Waals surface area contributed by atoms with E-state index in [0.29, 0.717) is 12.5 Å². The molecule has 0 fully saturated rings. The summed E-state index contributed by atoms with van der Waals surface area (Å²) in [4.78, 5) is 7.84. The van der Waals surface area contributed by atoms with Gasteiger partial charge in [0.1, 0.15) is 0 Å². The fourth-order valence-corrected chi connectivity index (χ4v) is 1.51. The van der Waals surface area contributed by atoms with Gasteiger partial charge in [-0.2, -0.15) is 13.2 Å². The van der Waals surface area contributed by atoms with E-state index in [-0.39, 0.29) is 35.9 Å². The number of alkyl halides is 3. The molecule has 9 heteroatoms. The lowest BCUT2D eigenvalue weighted by atomic mass is 10.2. The zero-order valence-electron chi connectivity index (χ0n) is 13.3. The molecule has 1 aromatic heterocycles. The first-order valence-electron chi connectivity index (χ1n) is 6.95. The Morgan fingerprint density at radius 2 is 2.13 bits per heavy atom. The number of hydrogen-bond donors (Lipinski definition) is 2. The van der Waals surface area contributed by atoms with Gasteiger partial charge in [-0.05, 0) is 25.0 Å². The predicted octanol–water partition coefficient (Wildman–Crippen LogP) is 3.10. The second kappa shape index (κ2) is 10.5. The average Bonchev–Trinajstić information content (AvgIpc) is 2.48. The zero-order chi connectivity index (χ0) is 16.6. The number of hydrogen-bond acceptors (Lipinski definition) is 3. The number of aromatic nitrogens is 1. The first-order chi connectivity index (χ1) is 10.3. The number of guanidine groups is 1. The number of ether oxygens (including phenoxy) is 1. The van der Waals surface area contributed by atoms with Crippen molar-refractivity contribution in [1.82, 2.24) is 15.6 Å². The minimum Gasteiger partial charge on any atom is -0.468 e. The number of nitrogens with one attached hydrogen (secondary N) is 2. The van der Waals surface area contributed by atoms with Crippen molar-refractivity contribution >= 4 is 29.9 Å². The molecule has 23 heavy (non-hydrogen) atoms. The van der Waals surface area contributed by atoms with Crippen LogP contribution in [0.15, 0.2) is 23.3 Å². The van der Waals surface area contributed by atoms with Gasteiger partial charge in [0.2, 0.25) is 5.88 Å². The highest BCUT2D eigenvalue weighted by Crippen LogP contribution is 2.17. The summed E-state index contributed by atoms with van der Waals surface area (Å²) in [5.74, 6) is 0.574. The highest BCUT2D eigenvalue weighted by molar-refractivity contribution is 14.0. The van der Waals surface area contributed by atoms with Crippen LogP contribution in [0, 0.1) is 0 Å². The van der Waals surface area contributed by atoms with E-state index in [1.54, 1.807) is 13.1 Å². The lowest BCUT2D eigenvalue weighted by Crippen LogP contribution is -2.41. The largest absolute Gasteiger partial charge is 0.468 e. The number of aliphatic imine (C=N–C) groups is 1. The Labute approximate surface area is 151 Å². The Morgan fingerprint density at radius 1 is 1.43 bits per heavy atom. The van der Waals surface area contributed by atoms with Crippen molar-refractivity contribution in [2.24, 2.45) is 4.99 Å². The summed E-state index contributed by atoms with van der Waals surface area (Å²) in [6.45, 7) is 3.13. The lowest BCUT2D eigenvalue weighted by Gasteiger charge is -2.16. The van der Waals surface area contributed by atoms with Crippen molar-refractivity contribution in [3.8, 4) is 5.88 Å². The van der Waals surface area contributed by atoms with Crippen molar-refractivity contribution in [2.45, 2.75) is 39.0 Å². The molecule has 1 atom stereocenters. The summed E-state index contributed by atoms with van der Waals surface area (Å²) >= 11 is 0. The highest BCUT2D eigenvalue weighted by atomic mass is 127. The van der Waals surface area contributed by atoms with Crippen LogP contribution >= 0.6 is 24.0 Å². The predicted molar refractivity (Wildman–Crippen MR) is 94.3 cm³/mol. The quantitative estimate of drug-likeness (QED) is 0.401. The van der Waals surface area contributed by atoms with Gasteiger partial charge >= 0.3 is 6.18 Å². The van der Waals surface area contributed by atoms with Crippen LogP contribution in [-0.2, 0) is 6.54 Å². The topological polar surface area (TPSA) is 58.5 Å². The maximum absolute atomic E-state index is 12.1. The van der Waals surface area contributed by atoms with Gasteiger partial charge in [-0.15, -0.1) is 24.0 Å². The molecule has 0 saturated heterocycles. The van der Waals surface area contributed by atoms with Gasteiger partial charge in [0.25, 0.3) is 0 Å². The van der Waals surface area contributed by atoms with E-state index in [1.165, 1.54) is 12.3 Å². The van der Waals surface area contributed by atoms with E-state index in [1.807, 2.05) is 6.92 Å². The molecule has 0 aromatic carbocycles. The minimum atomic E-state index is -4.38. The second-order valence-corrected chi connectivity index (χ2v) is 4.79. The average molecular weight is 446 g/mol. The van der Waals surface area contributed by atoms with Crippen LogP contribution in [-0.4, -0.2) is 36.8 Å². The molecule has 2 N–H and O–H groups in total. The Morgan fingerprint density at radius 3 is 2.70 bits per heavy atom. The van der Waals surface area contributed by atoms with Gasteiger partial charge in [-0.3, -0.25) is 4.99 Å². The van der Waals surface area contributed by atoms with E-state index < -0.39 is 12.8 Å². The van der Waals surface area contributed by atoms with E-state index in [0.717, 1.165) is 12.0 Å². The third-order valence-electron chi connectivity index (χ3n) is 2.86. The Bertz CT molecular complexity index is 497. The Balaban J connectivity index is 0.00000484. The molecule has 0 amide bonds. The molecular weight excluding hydrogens is 424 g/mol. The number of halogens is 4. The van der Waals surface area contributed by atoms with Gasteiger partial charge in [0.05, 0.1) is 0 Å². The van der Waals surface area contributed by atoms with Crippen molar-refractivity contribution in [3.05, 3.63) is 23.9 Å². The number of rotatable bonds is 6. The summed E-state index contributed by atoms with van der Waals surface area (Å²) in [6, 6.07) is 3.44. The molecule has 0 saturated carbocycles. The molecule has 1 rings (SSSR count). The third kappa shape index (κ3) is 9.47. The lowest BCUT2D eigenvalue weighted by molar-refractivity contribution is -0.154. The molecule has 0 radical (unpaired) electrons. The van der Waals surface area contributed by atoms with Gasteiger partial charge in [-0.25, -0.2) is 4.98 Å². The van der Waals surface area contributed by atoms with Crippen LogP contribution in [0.5, 0.6) is 5.88 Å². The van der Waals surface area contributed by atoms with Gasteiger partial charge in [0, 0.05) is 31.9 Å². The maximum atomic E-state index is 12.1. The molecule has 0 aliphatic carbocycles. The molecule has 1 heterocycles. The maximum Gasteiger partial charge on any atom is 0.422 e. The highest BCUT2D eigenvalue weighted by Gasteiger charge is 2.28. The molecule has 132 valence electrons. The van der Waals surface area contributed by atoms with E-state index in [9.17, 15) is 13.2 Å². The van der Waals surface area contributed by atoms with Crippen molar-refractivity contribution in [1.29, 1.82) is 0 Å². The van der Waals surface area contributed by atoms with Crippen molar-refractivity contribution < 1.29 is 17.9 Å². The first-order valence-corrected chi connectivity index (χ1v) is 6.95. The summed E-state index contributed by atoms with van der Waals surface area (Å²) < 4.78 is 40.9. The molecule has 0 spiro atoms. The zero-order valence-corrected chi connectivity index (χ0v) is 15.6. The molecule has 1 unspecified atom stereocenters. The Hall–Kier alpha value is -1.26. The minimum absolute atomic E-state index is 0. The molecule has 1 aromatic rings. The van der Waals surface area contributed by atoms with E-state index in [2.05, 4.69) is 32.3 Å². The number of nitrogens with zero attached hydrogens (tertiary/aromatic N) is 2. The van der Waals surface area contributed by atoms with Crippen LogP contribution < -0.4 is 15.4 Å². The van der Waals surface area contributed by atoms with Crippen molar-refractivity contribution in [3.63, 3.8) is 0 Å². The normalized spacial score (nSPS) is 13.0. The second-order valence-electron chi connectivity index (χ2n) is 4.79. The summed E-state index contributed by atoms with van der Waals surface area (Å²) in [7, 11) is 1.65. The number of pyridine rings is 1. The van der Waals surface area contributed by atoms with Crippen LogP contribution in [0.2, 0.25) is 0 Å². The van der Waals surface area contributed by atoms with Gasteiger partial charge < -0.3 is 15.4 Å². The van der Waals surface area contributed by atoms with Crippen LogP contribution in [0.25, 0.3) is 0 Å². The van der Waals surface area contributed by atoms with Crippen molar-refractivity contribution in [2.75, 3.05) is 13.7 Å². The molecule has 5 nitrogen and oxygen atoms in total. The standard InChI is InChI=1S/C14H21F3N4O.HI/c1-4-10(2)21-13(18-3)20-8-11-5-6-19-12(7-11)22-9-14(15,16)17;/h5-7,10H,4,8-9H2,1-3H3,(H2,18,20,21);1H. The van der Waals surface area contributed by atoms with Crippen LogP contribution in [0.3, 0.4) is 0 Å². The van der Waals surface area contributed by atoms with Gasteiger partial charge in [0.15, 0.2) is 12.6 Å². The Kier molecular flexibility index (Phi) is 9.93. The van der Waals surface area contributed by atoms with E-state index >= 15 is 0 Å². The van der Waals surface area contributed by atoms with Gasteiger partial charge in [-0.1, -0.05) is 6.92 Å². The summed E-state index contributed by atoms with van der Waals surface area (Å²) in [5.41, 5.74) is 0.749. The van der Waals surface area contributed by atoms with E-state index in [4.69, 9.17) is 0 Å². The molecule has 0 bridgehead atoms. The first kappa shape index (κ1) is 21.7. The fourth-order valence-electron chi connectivity index (χ4n) is 1.51. The third-order valence-corrected chi connectivity index (χ3v) is 2.86. The fraction of sp³-hybridized carbons (Fsp3) is 0.571.